The van der Waals surface area contributed by atoms with Gasteiger partial charge in [-0.15, -0.1) is 0 Å². The van der Waals surface area contributed by atoms with E-state index in [1.165, 1.54) is 0 Å². The number of hydrogen-bond acceptors (Lipinski definition) is 2. The molecule has 1 rings (SSSR count). The number of rotatable bonds is 3. The van der Waals surface area contributed by atoms with Crippen molar-refractivity contribution < 1.29 is 4.52 Å². The second kappa shape index (κ2) is 4.08. The molecular formula is C11H15NO. The molecule has 13 heavy (non-hydrogen) atoms. The summed E-state index contributed by atoms with van der Waals surface area (Å²) in [6.07, 6.45) is 5.69. The SMILES string of the molecule is C=Cc1noc(C(C)C)c1/C=C\C. The summed E-state index contributed by atoms with van der Waals surface area (Å²) in [5.41, 5.74) is 1.87. The standard InChI is InChI=1S/C11H15NO/c1-5-7-9-10(6-2)12-13-11(9)8(3)4/h5-8H,2H2,1,3-4H3/b7-5-. The molecule has 0 fully saturated rings. The number of aromatic nitrogens is 1. The highest BCUT2D eigenvalue weighted by atomic mass is 16.5. The van der Waals surface area contributed by atoms with Gasteiger partial charge in [-0.05, 0) is 13.0 Å². The van der Waals surface area contributed by atoms with Gasteiger partial charge in [-0.2, -0.15) is 0 Å². The van der Waals surface area contributed by atoms with Gasteiger partial charge < -0.3 is 4.52 Å². The third-order valence-corrected chi connectivity index (χ3v) is 1.83. The van der Waals surface area contributed by atoms with Crippen LogP contribution in [0.4, 0.5) is 0 Å². The summed E-state index contributed by atoms with van der Waals surface area (Å²) in [5.74, 6) is 1.28. The van der Waals surface area contributed by atoms with E-state index < -0.39 is 0 Å². The first-order valence-corrected chi connectivity index (χ1v) is 4.45. The van der Waals surface area contributed by atoms with E-state index in [9.17, 15) is 0 Å². The van der Waals surface area contributed by atoms with Crippen LogP contribution in [0.15, 0.2) is 17.2 Å². The zero-order valence-corrected chi connectivity index (χ0v) is 8.37. The monoisotopic (exact) mass is 177 g/mol. The van der Waals surface area contributed by atoms with Crippen molar-refractivity contribution in [2.45, 2.75) is 26.7 Å². The highest BCUT2D eigenvalue weighted by Gasteiger charge is 2.13. The molecular weight excluding hydrogens is 162 g/mol. The van der Waals surface area contributed by atoms with Crippen molar-refractivity contribution in [2.24, 2.45) is 0 Å². The lowest BCUT2D eigenvalue weighted by atomic mass is 10.0. The summed E-state index contributed by atoms with van der Waals surface area (Å²) in [6.45, 7) is 9.83. The van der Waals surface area contributed by atoms with Gasteiger partial charge in [-0.1, -0.05) is 37.7 Å². The molecule has 0 aliphatic rings. The quantitative estimate of drug-likeness (QED) is 0.706. The molecule has 0 amide bonds. The minimum Gasteiger partial charge on any atom is -0.360 e. The van der Waals surface area contributed by atoms with E-state index in [-0.39, 0.29) is 0 Å². The van der Waals surface area contributed by atoms with Gasteiger partial charge in [0.05, 0.1) is 0 Å². The van der Waals surface area contributed by atoms with E-state index in [0.717, 1.165) is 17.0 Å². The molecule has 0 saturated heterocycles. The molecule has 0 unspecified atom stereocenters. The van der Waals surface area contributed by atoms with E-state index in [2.05, 4.69) is 25.6 Å². The zero-order chi connectivity index (χ0) is 9.84. The number of hydrogen-bond donors (Lipinski definition) is 0. The number of allylic oxidation sites excluding steroid dienone is 1. The Balaban J connectivity index is 3.21. The molecule has 0 bridgehead atoms. The van der Waals surface area contributed by atoms with Gasteiger partial charge in [-0.3, -0.25) is 0 Å². The normalized spacial score (nSPS) is 11.4. The molecule has 2 nitrogen and oxygen atoms in total. The van der Waals surface area contributed by atoms with Crippen LogP contribution in [0.2, 0.25) is 0 Å². The largest absolute Gasteiger partial charge is 0.360 e. The van der Waals surface area contributed by atoms with E-state index in [1.807, 2.05) is 19.1 Å². The molecule has 0 aliphatic heterocycles. The van der Waals surface area contributed by atoms with Crippen LogP contribution in [0.5, 0.6) is 0 Å². The second-order valence-electron chi connectivity index (χ2n) is 3.20. The van der Waals surface area contributed by atoms with Crippen LogP contribution in [0, 0.1) is 0 Å². The van der Waals surface area contributed by atoms with Crippen LogP contribution in [0.25, 0.3) is 12.2 Å². The molecule has 0 aromatic carbocycles. The van der Waals surface area contributed by atoms with Gasteiger partial charge in [0.15, 0.2) is 0 Å². The van der Waals surface area contributed by atoms with Crippen molar-refractivity contribution in [3.8, 4) is 0 Å². The fourth-order valence-corrected chi connectivity index (χ4v) is 1.22. The van der Waals surface area contributed by atoms with Crippen molar-refractivity contribution >= 4 is 12.2 Å². The Morgan fingerprint density at radius 1 is 1.46 bits per heavy atom. The fourth-order valence-electron chi connectivity index (χ4n) is 1.22. The van der Waals surface area contributed by atoms with Crippen LogP contribution < -0.4 is 0 Å². The van der Waals surface area contributed by atoms with E-state index in [0.29, 0.717) is 5.92 Å². The first-order chi connectivity index (χ1) is 6.20. The van der Waals surface area contributed by atoms with Gasteiger partial charge in [0, 0.05) is 11.5 Å². The molecule has 1 heterocycles. The molecule has 0 aliphatic carbocycles. The third kappa shape index (κ3) is 1.89. The van der Waals surface area contributed by atoms with E-state index >= 15 is 0 Å². The lowest BCUT2D eigenvalue weighted by Crippen LogP contribution is -1.87. The summed E-state index contributed by atoms with van der Waals surface area (Å²) in [4.78, 5) is 0. The molecule has 0 N–H and O–H groups in total. The minimum absolute atomic E-state index is 0.354. The van der Waals surface area contributed by atoms with Gasteiger partial charge in [0.2, 0.25) is 0 Å². The first kappa shape index (κ1) is 9.78. The molecule has 0 atom stereocenters. The third-order valence-electron chi connectivity index (χ3n) is 1.83. The topological polar surface area (TPSA) is 26.0 Å². The highest BCUT2D eigenvalue weighted by molar-refractivity contribution is 5.63. The Hall–Kier alpha value is -1.31. The fraction of sp³-hybridized carbons (Fsp3) is 0.364. The minimum atomic E-state index is 0.354. The summed E-state index contributed by atoms with van der Waals surface area (Å²) in [7, 11) is 0. The molecule has 0 saturated carbocycles. The average Bonchev–Trinajstić information content (AvgIpc) is 2.48. The highest BCUT2D eigenvalue weighted by Crippen LogP contribution is 2.24. The van der Waals surface area contributed by atoms with Crippen LogP contribution in [-0.4, -0.2) is 5.16 Å². The maximum absolute atomic E-state index is 5.23. The Morgan fingerprint density at radius 3 is 2.62 bits per heavy atom. The lowest BCUT2D eigenvalue weighted by molar-refractivity contribution is 0.370. The Labute approximate surface area is 78.9 Å². The van der Waals surface area contributed by atoms with Crippen LogP contribution >= 0.6 is 0 Å². The van der Waals surface area contributed by atoms with Crippen LogP contribution in [0.3, 0.4) is 0 Å². The first-order valence-electron chi connectivity index (χ1n) is 4.45. The van der Waals surface area contributed by atoms with E-state index in [1.54, 1.807) is 6.08 Å². The van der Waals surface area contributed by atoms with E-state index in [4.69, 9.17) is 4.52 Å². The van der Waals surface area contributed by atoms with Gasteiger partial charge in [0.25, 0.3) is 0 Å². The average molecular weight is 177 g/mol. The zero-order valence-electron chi connectivity index (χ0n) is 8.37. The molecule has 2 heteroatoms. The second-order valence-corrected chi connectivity index (χ2v) is 3.20. The molecule has 0 radical (unpaired) electrons. The van der Waals surface area contributed by atoms with Gasteiger partial charge in [-0.25, -0.2) is 0 Å². The van der Waals surface area contributed by atoms with Crippen molar-refractivity contribution in [3.05, 3.63) is 29.7 Å². The Morgan fingerprint density at radius 2 is 2.15 bits per heavy atom. The Bertz CT molecular complexity index is 321. The van der Waals surface area contributed by atoms with Crippen LogP contribution in [0.1, 0.15) is 43.7 Å². The predicted octanol–water partition coefficient (Wildman–Crippen LogP) is 3.47. The Kier molecular flexibility index (Phi) is 3.07. The molecule has 70 valence electrons. The van der Waals surface area contributed by atoms with Crippen molar-refractivity contribution in [1.82, 2.24) is 5.16 Å². The summed E-state index contributed by atoms with van der Waals surface area (Å²) >= 11 is 0. The molecule has 1 aromatic heterocycles. The van der Waals surface area contributed by atoms with Crippen molar-refractivity contribution in [2.75, 3.05) is 0 Å². The van der Waals surface area contributed by atoms with Crippen molar-refractivity contribution in [3.63, 3.8) is 0 Å². The lowest BCUT2D eigenvalue weighted by Gasteiger charge is -1.99. The molecule has 1 aromatic rings. The predicted molar refractivity (Wildman–Crippen MR) is 55.4 cm³/mol. The smallest absolute Gasteiger partial charge is 0.147 e. The maximum atomic E-state index is 5.23. The number of nitrogens with zero attached hydrogens (tertiary/aromatic N) is 1. The summed E-state index contributed by atoms with van der Waals surface area (Å²) in [5, 5.41) is 3.93. The summed E-state index contributed by atoms with van der Waals surface area (Å²) in [6, 6.07) is 0. The summed E-state index contributed by atoms with van der Waals surface area (Å²) < 4.78 is 5.23. The molecule has 0 spiro atoms. The van der Waals surface area contributed by atoms with Crippen LogP contribution in [-0.2, 0) is 0 Å². The van der Waals surface area contributed by atoms with Gasteiger partial charge >= 0.3 is 0 Å². The van der Waals surface area contributed by atoms with Gasteiger partial charge in [0.1, 0.15) is 11.5 Å². The van der Waals surface area contributed by atoms with Crippen molar-refractivity contribution in [1.29, 1.82) is 0 Å². The maximum Gasteiger partial charge on any atom is 0.147 e.